The number of sulfonamides is 1. The number of hydrogen-bond donors (Lipinski definition) is 0. The predicted octanol–water partition coefficient (Wildman–Crippen LogP) is 4.42. The Kier molecular flexibility index (Phi) is 6.67. The highest BCUT2D eigenvalue weighted by atomic mass is 35.5. The number of anilines is 1. The lowest BCUT2D eigenvalue weighted by atomic mass is 10.3. The van der Waals surface area contributed by atoms with Crippen LogP contribution in [-0.4, -0.2) is 27.0 Å². The molecule has 0 radical (unpaired) electrons. The lowest BCUT2D eigenvalue weighted by Crippen LogP contribution is -2.38. The summed E-state index contributed by atoms with van der Waals surface area (Å²) in [5.74, 6) is -3.00. The number of carbonyl (C=O) groups excluding carboxylic acids is 1. The number of benzene rings is 2. The highest BCUT2D eigenvalue weighted by Crippen LogP contribution is 2.32. The Morgan fingerprint density at radius 2 is 1.81 bits per heavy atom. The van der Waals surface area contributed by atoms with E-state index in [2.05, 4.69) is 0 Å². The Balaban J connectivity index is 2.60. The van der Waals surface area contributed by atoms with Gasteiger partial charge >= 0.3 is 5.97 Å². The zero-order valence-corrected chi connectivity index (χ0v) is 16.6. The molecular formula is C17H15Cl2F2NO4S. The SMILES string of the molecule is CC(C)OC(=O)CN(c1ccc(F)cc1F)S(=O)(=O)c1cc(Cl)ccc1Cl. The molecule has 0 atom stereocenters. The molecule has 0 amide bonds. The maximum absolute atomic E-state index is 14.3. The van der Waals surface area contributed by atoms with Gasteiger partial charge in [0.1, 0.15) is 23.1 Å². The van der Waals surface area contributed by atoms with Gasteiger partial charge in [-0.2, -0.15) is 0 Å². The molecule has 0 saturated heterocycles. The second-order valence-electron chi connectivity index (χ2n) is 5.72. The zero-order chi connectivity index (χ0) is 20.4. The molecule has 0 bridgehead atoms. The summed E-state index contributed by atoms with van der Waals surface area (Å²) < 4.78 is 59.1. The van der Waals surface area contributed by atoms with Crippen LogP contribution in [0.25, 0.3) is 0 Å². The van der Waals surface area contributed by atoms with Gasteiger partial charge in [-0.1, -0.05) is 23.2 Å². The minimum atomic E-state index is -4.52. The highest BCUT2D eigenvalue weighted by molar-refractivity contribution is 7.93. The smallest absolute Gasteiger partial charge is 0.327 e. The number of esters is 1. The Bertz CT molecular complexity index is 967. The number of halogens is 4. The summed E-state index contributed by atoms with van der Waals surface area (Å²) in [6.07, 6.45) is -0.519. The standard InChI is InChI=1S/C17H15Cl2F2NO4S/c1-10(2)26-17(23)9-22(15-6-4-12(20)8-14(15)21)27(24,25)16-7-11(18)3-5-13(16)19/h3-8,10H,9H2,1-2H3. The van der Waals surface area contributed by atoms with Crippen LogP contribution in [0.5, 0.6) is 0 Å². The first kappa shape index (κ1) is 21.4. The molecule has 10 heteroatoms. The molecule has 27 heavy (non-hydrogen) atoms. The van der Waals surface area contributed by atoms with Gasteiger partial charge in [-0.3, -0.25) is 9.10 Å². The van der Waals surface area contributed by atoms with E-state index in [0.717, 1.165) is 18.2 Å². The van der Waals surface area contributed by atoms with Crippen molar-refractivity contribution in [1.82, 2.24) is 0 Å². The fourth-order valence-electron chi connectivity index (χ4n) is 2.19. The van der Waals surface area contributed by atoms with Gasteiger partial charge in [0.05, 0.1) is 16.8 Å². The van der Waals surface area contributed by atoms with E-state index in [0.29, 0.717) is 10.4 Å². The molecule has 0 spiro atoms. The third-order valence-corrected chi connectivity index (χ3v) is 5.76. The first-order chi connectivity index (χ1) is 12.5. The van der Waals surface area contributed by atoms with Crippen LogP contribution in [-0.2, 0) is 19.6 Å². The van der Waals surface area contributed by atoms with E-state index in [1.807, 2.05) is 0 Å². The molecule has 2 aromatic carbocycles. The van der Waals surface area contributed by atoms with Crippen LogP contribution in [0, 0.1) is 11.6 Å². The Labute approximate surface area is 165 Å². The molecule has 146 valence electrons. The Morgan fingerprint density at radius 3 is 2.41 bits per heavy atom. The van der Waals surface area contributed by atoms with E-state index in [4.69, 9.17) is 27.9 Å². The highest BCUT2D eigenvalue weighted by Gasteiger charge is 2.32. The van der Waals surface area contributed by atoms with E-state index >= 15 is 0 Å². The van der Waals surface area contributed by atoms with Crippen molar-refractivity contribution < 1.29 is 26.7 Å². The van der Waals surface area contributed by atoms with Crippen LogP contribution in [0.2, 0.25) is 10.0 Å². The topological polar surface area (TPSA) is 63.7 Å². The molecule has 0 aromatic heterocycles. The summed E-state index contributed by atoms with van der Waals surface area (Å²) >= 11 is 11.8. The average molecular weight is 438 g/mol. The molecule has 0 heterocycles. The number of carbonyl (C=O) groups is 1. The minimum absolute atomic E-state index is 0.0715. The van der Waals surface area contributed by atoms with Crippen molar-refractivity contribution in [3.05, 3.63) is 58.1 Å². The first-order valence-electron chi connectivity index (χ1n) is 7.64. The van der Waals surface area contributed by atoms with Gasteiger partial charge in [0, 0.05) is 11.1 Å². The minimum Gasteiger partial charge on any atom is -0.462 e. The summed E-state index contributed by atoms with van der Waals surface area (Å²) in [5, 5.41) is -0.105. The number of hydrogen-bond acceptors (Lipinski definition) is 4. The number of rotatable bonds is 6. The molecule has 0 unspecified atom stereocenters. The van der Waals surface area contributed by atoms with Crippen LogP contribution in [0.15, 0.2) is 41.3 Å². The fraction of sp³-hybridized carbons (Fsp3) is 0.235. The zero-order valence-electron chi connectivity index (χ0n) is 14.2. The fourth-order valence-corrected chi connectivity index (χ4v) is 4.35. The van der Waals surface area contributed by atoms with Crippen molar-refractivity contribution in [2.45, 2.75) is 24.8 Å². The van der Waals surface area contributed by atoms with Crippen molar-refractivity contribution >= 4 is 44.9 Å². The lowest BCUT2D eigenvalue weighted by molar-refractivity contribution is -0.145. The molecule has 2 aromatic rings. The molecule has 2 rings (SSSR count). The Morgan fingerprint density at radius 1 is 1.15 bits per heavy atom. The van der Waals surface area contributed by atoms with E-state index in [1.54, 1.807) is 13.8 Å². The summed E-state index contributed by atoms with van der Waals surface area (Å²) in [5.41, 5.74) is -0.534. The van der Waals surface area contributed by atoms with Gasteiger partial charge < -0.3 is 4.74 Å². The van der Waals surface area contributed by atoms with Gasteiger partial charge in [0.25, 0.3) is 10.0 Å². The summed E-state index contributed by atoms with van der Waals surface area (Å²) in [6, 6.07) is 5.98. The summed E-state index contributed by atoms with van der Waals surface area (Å²) in [7, 11) is -4.52. The molecule has 0 N–H and O–H groups in total. The average Bonchev–Trinajstić information content (AvgIpc) is 2.54. The maximum atomic E-state index is 14.3. The molecular weight excluding hydrogens is 423 g/mol. The molecule has 0 aliphatic heterocycles. The van der Waals surface area contributed by atoms with Gasteiger partial charge in [-0.05, 0) is 44.2 Å². The van der Waals surface area contributed by atoms with Gasteiger partial charge in [0.15, 0.2) is 0 Å². The van der Waals surface area contributed by atoms with E-state index in [-0.39, 0.29) is 10.0 Å². The van der Waals surface area contributed by atoms with Gasteiger partial charge in [-0.15, -0.1) is 0 Å². The lowest BCUT2D eigenvalue weighted by Gasteiger charge is -2.25. The van der Waals surface area contributed by atoms with Gasteiger partial charge in [0.2, 0.25) is 0 Å². The monoisotopic (exact) mass is 437 g/mol. The first-order valence-corrected chi connectivity index (χ1v) is 9.84. The van der Waals surface area contributed by atoms with Crippen LogP contribution >= 0.6 is 23.2 Å². The molecule has 0 aliphatic carbocycles. The second kappa shape index (κ2) is 8.41. The van der Waals surface area contributed by atoms with E-state index in [1.165, 1.54) is 12.1 Å². The van der Waals surface area contributed by atoms with Crippen LogP contribution in [0.3, 0.4) is 0 Å². The van der Waals surface area contributed by atoms with Crippen molar-refractivity contribution in [3.8, 4) is 0 Å². The maximum Gasteiger partial charge on any atom is 0.327 e. The summed E-state index contributed by atoms with van der Waals surface area (Å²) in [4.78, 5) is 11.6. The molecule has 0 fully saturated rings. The Hall–Kier alpha value is -1.90. The normalized spacial score (nSPS) is 11.5. The van der Waals surface area contributed by atoms with Crippen molar-refractivity contribution in [3.63, 3.8) is 0 Å². The predicted molar refractivity (Wildman–Crippen MR) is 98.6 cm³/mol. The molecule has 5 nitrogen and oxygen atoms in total. The second-order valence-corrected chi connectivity index (χ2v) is 8.40. The molecule has 0 saturated carbocycles. The number of nitrogens with zero attached hydrogens (tertiary/aromatic N) is 1. The summed E-state index contributed by atoms with van der Waals surface area (Å²) in [6.45, 7) is 2.30. The van der Waals surface area contributed by atoms with E-state index in [9.17, 15) is 22.0 Å². The van der Waals surface area contributed by atoms with Crippen molar-refractivity contribution in [2.24, 2.45) is 0 Å². The van der Waals surface area contributed by atoms with Crippen LogP contribution in [0.4, 0.5) is 14.5 Å². The van der Waals surface area contributed by atoms with Crippen LogP contribution < -0.4 is 4.31 Å². The largest absolute Gasteiger partial charge is 0.462 e. The third kappa shape index (κ3) is 5.09. The van der Waals surface area contributed by atoms with Crippen LogP contribution in [0.1, 0.15) is 13.8 Å². The van der Waals surface area contributed by atoms with E-state index < -0.39 is 50.9 Å². The van der Waals surface area contributed by atoms with Crippen molar-refractivity contribution in [1.29, 1.82) is 0 Å². The molecule has 0 aliphatic rings. The van der Waals surface area contributed by atoms with Crippen molar-refractivity contribution in [2.75, 3.05) is 10.8 Å². The number of ether oxygens (including phenoxy) is 1. The third-order valence-electron chi connectivity index (χ3n) is 3.28. The quantitative estimate of drug-likeness (QED) is 0.627. The van der Waals surface area contributed by atoms with Gasteiger partial charge in [-0.25, -0.2) is 17.2 Å².